The minimum atomic E-state index is 0.0332. The summed E-state index contributed by atoms with van der Waals surface area (Å²) in [5.74, 6) is 1.23. The van der Waals surface area contributed by atoms with Gasteiger partial charge in [-0.15, -0.1) is 0 Å². The zero-order chi connectivity index (χ0) is 15.7. The number of aliphatic hydroxyl groups is 1. The monoisotopic (exact) mass is 296 g/mol. The molecule has 1 aromatic rings. The Balaban J connectivity index is 2.94. The van der Waals surface area contributed by atoms with Gasteiger partial charge in [-0.3, -0.25) is 0 Å². The lowest BCUT2D eigenvalue weighted by Gasteiger charge is -2.25. The molecule has 1 N–H and O–H groups in total. The predicted octanol–water partition coefficient (Wildman–Crippen LogP) is 2.19. The number of nitrogens with zero attached hydrogens (tertiary/aromatic N) is 2. The smallest absolute Gasteiger partial charge is 0.129 e. The Hall–Kier alpha value is -1.17. The van der Waals surface area contributed by atoms with E-state index in [2.05, 4.69) is 18.7 Å². The summed E-state index contributed by atoms with van der Waals surface area (Å²) in [6.45, 7) is 7.26. The van der Waals surface area contributed by atoms with Gasteiger partial charge in [0, 0.05) is 39.6 Å². The molecule has 0 spiro atoms. The van der Waals surface area contributed by atoms with Gasteiger partial charge >= 0.3 is 0 Å². The zero-order valence-corrected chi connectivity index (χ0v) is 13.6. The molecule has 0 amide bonds. The highest BCUT2D eigenvalue weighted by atomic mass is 16.5. The number of aromatic nitrogens is 1. The zero-order valence-electron chi connectivity index (χ0n) is 13.6. The first-order chi connectivity index (χ1) is 10.1. The summed E-state index contributed by atoms with van der Waals surface area (Å²) in [5.41, 5.74) is 1.91. The van der Waals surface area contributed by atoms with Crippen LogP contribution in [-0.4, -0.2) is 50.6 Å². The van der Waals surface area contributed by atoms with Gasteiger partial charge in [0.2, 0.25) is 0 Å². The topological polar surface area (TPSA) is 54.8 Å². The Morgan fingerprint density at radius 3 is 2.43 bits per heavy atom. The van der Waals surface area contributed by atoms with E-state index in [1.165, 1.54) is 0 Å². The van der Waals surface area contributed by atoms with E-state index in [0.29, 0.717) is 12.5 Å². The second kappa shape index (κ2) is 9.71. The maximum absolute atomic E-state index is 9.45. The molecule has 0 atom stereocenters. The molecule has 1 aromatic heterocycles. The predicted molar refractivity (Wildman–Crippen MR) is 84.8 cm³/mol. The molecule has 0 fully saturated rings. The second-order valence-electron chi connectivity index (χ2n) is 5.40. The molecule has 0 bridgehead atoms. The van der Waals surface area contributed by atoms with Crippen LogP contribution in [0.2, 0.25) is 0 Å². The van der Waals surface area contributed by atoms with Crippen LogP contribution in [0.25, 0.3) is 0 Å². The van der Waals surface area contributed by atoms with E-state index < -0.39 is 0 Å². The molecular weight excluding hydrogens is 268 g/mol. The van der Waals surface area contributed by atoms with Gasteiger partial charge in [-0.1, -0.05) is 13.8 Å². The molecule has 0 aromatic carbocycles. The Labute approximate surface area is 127 Å². The van der Waals surface area contributed by atoms with E-state index in [1.54, 1.807) is 14.2 Å². The number of pyridine rings is 1. The highest BCUT2D eigenvalue weighted by Gasteiger charge is 2.12. The van der Waals surface area contributed by atoms with Crippen molar-refractivity contribution in [2.75, 3.05) is 45.4 Å². The highest BCUT2D eigenvalue weighted by Crippen LogP contribution is 2.20. The molecule has 0 radical (unpaired) electrons. The molecule has 21 heavy (non-hydrogen) atoms. The maximum Gasteiger partial charge on any atom is 0.129 e. The molecule has 5 nitrogen and oxygen atoms in total. The van der Waals surface area contributed by atoms with Crippen molar-refractivity contribution in [3.05, 3.63) is 23.4 Å². The number of anilines is 1. The second-order valence-corrected chi connectivity index (χ2v) is 5.40. The van der Waals surface area contributed by atoms with Crippen LogP contribution in [0.3, 0.4) is 0 Å². The first kappa shape index (κ1) is 17.9. The van der Waals surface area contributed by atoms with Gasteiger partial charge in [0.05, 0.1) is 13.2 Å². The van der Waals surface area contributed by atoms with E-state index in [9.17, 15) is 5.11 Å². The normalized spacial score (nSPS) is 11.1. The summed E-state index contributed by atoms with van der Waals surface area (Å²) >= 11 is 0. The summed E-state index contributed by atoms with van der Waals surface area (Å²) in [7, 11) is 3.41. The third-order valence-electron chi connectivity index (χ3n) is 3.33. The lowest BCUT2D eigenvalue weighted by Crippen LogP contribution is -2.30. The summed E-state index contributed by atoms with van der Waals surface area (Å²) < 4.78 is 10.3. The maximum atomic E-state index is 9.45. The van der Waals surface area contributed by atoms with E-state index >= 15 is 0 Å². The van der Waals surface area contributed by atoms with Crippen LogP contribution < -0.4 is 4.90 Å². The van der Waals surface area contributed by atoms with Crippen LogP contribution in [0.4, 0.5) is 5.82 Å². The molecule has 0 aliphatic rings. The molecule has 1 rings (SSSR count). The van der Waals surface area contributed by atoms with Gasteiger partial charge in [0.1, 0.15) is 5.82 Å². The van der Waals surface area contributed by atoms with E-state index in [-0.39, 0.29) is 6.61 Å². The van der Waals surface area contributed by atoms with Gasteiger partial charge in [-0.2, -0.15) is 0 Å². The fourth-order valence-corrected chi connectivity index (χ4v) is 2.09. The lowest BCUT2D eigenvalue weighted by molar-refractivity contribution is 0.191. The number of methoxy groups -OCH3 is 2. The molecule has 0 unspecified atom stereocenters. The third kappa shape index (κ3) is 5.99. The van der Waals surface area contributed by atoms with Crippen LogP contribution in [0.1, 0.15) is 37.4 Å². The average Bonchev–Trinajstić information content (AvgIpc) is 2.50. The van der Waals surface area contributed by atoms with Crippen molar-refractivity contribution < 1.29 is 14.6 Å². The van der Waals surface area contributed by atoms with Crippen molar-refractivity contribution in [1.82, 2.24) is 4.98 Å². The van der Waals surface area contributed by atoms with Crippen molar-refractivity contribution in [1.29, 1.82) is 0 Å². The number of rotatable bonds is 10. The number of hydrogen-bond acceptors (Lipinski definition) is 5. The van der Waals surface area contributed by atoms with E-state index in [4.69, 9.17) is 14.5 Å². The molecule has 0 saturated heterocycles. The average molecular weight is 296 g/mol. The van der Waals surface area contributed by atoms with Gasteiger partial charge in [-0.25, -0.2) is 4.98 Å². The minimum Gasteiger partial charge on any atom is -0.392 e. The van der Waals surface area contributed by atoms with Gasteiger partial charge in [0.15, 0.2) is 0 Å². The van der Waals surface area contributed by atoms with Crippen LogP contribution in [0, 0.1) is 0 Å². The summed E-state index contributed by atoms with van der Waals surface area (Å²) in [4.78, 5) is 6.92. The Morgan fingerprint density at radius 1 is 1.14 bits per heavy atom. The van der Waals surface area contributed by atoms with Crippen molar-refractivity contribution in [3.8, 4) is 0 Å². The van der Waals surface area contributed by atoms with Crippen LogP contribution in [0.15, 0.2) is 12.1 Å². The molecule has 0 saturated carbocycles. The molecule has 1 heterocycles. The van der Waals surface area contributed by atoms with Gasteiger partial charge in [-0.05, 0) is 30.0 Å². The third-order valence-corrected chi connectivity index (χ3v) is 3.33. The standard InChI is InChI=1S/C16H28N2O3/c1-13(2)15-10-14(12-19)11-16(17-15)18(7-9-21-4)6-5-8-20-3/h10-11,13,19H,5-9,12H2,1-4H3. The van der Waals surface area contributed by atoms with Crippen molar-refractivity contribution in [2.24, 2.45) is 0 Å². The number of ether oxygens (including phenoxy) is 2. The van der Waals surface area contributed by atoms with Crippen LogP contribution in [-0.2, 0) is 16.1 Å². The molecule has 0 aliphatic heterocycles. The Morgan fingerprint density at radius 2 is 1.86 bits per heavy atom. The van der Waals surface area contributed by atoms with Crippen molar-refractivity contribution in [3.63, 3.8) is 0 Å². The Bertz CT molecular complexity index is 411. The minimum absolute atomic E-state index is 0.0332. The number of hydrogen-bond donors (Lipinski definition) is 1. The molecule has 5 heteroatoms. The first-order valence-electron chi connectivity index (χ1n) is 7.46. The molecule has 120 valence electrons. The van der Waals surface area contributed by atoms with E-state index in [0.717, 1.165) is 43.2 Å². The summed E-state index contributed by atoms with van der Waals surface area (Å²) in [5, 5.41) is 9.45. The largest absolute Gasteiger partial charge is 0.392 e. The first-order valence-corrected chi connectivity index (χ1v) is 7.46. The number of aliphatic hydroxyl groups excluding tert-OH is 1. The van der Waals surface area contributed by atoms with Crippen molar-refractivity contribution >= 4 is 5.82 Å². The fourth-order valence-electron chi connectivity index (χ4n) is 2.09. The molecular formula is C16H28N2O3. The quantitative estimate of drug-likeness (QED) is 0.671. The SMILES string of the molecule is COCCCN(CCOC)c1cc(CO)cc(C(C)C)n1. The molecule has 0 aliphatic carbocycles. The van der Waals surface area contributed by atoms with Gasteiger partial charge in [0.25, 0.3) is 0 Å². The Kier molecular flexibility index (Phi) is 8.27. The van der Waals surface area contributed by atoms with Crippen LogP contribution in [0.5, 0.6) is 0 Å². The van der Waals surface area contributed by atoms with Crippen LogP contribution >= 0.6 is 0 Å². The van der Waals surface area contributed by atoms with E-state index in [1.807, 2.05) is 12.1 Å². The summed E-state index contributed by atoms with van der Waals surface area (Å²) in [6, 6.07) is 3.92. The lowest BCUT2D eigenvalue weighted by atomic mass is 10.1. The van der Waals surface area contributed by atoms with Crippen molar-refractivity contribution in [2.45, 2.75) is 32.8 Å². The highest BCUT2D eigenvalue weighted by molar-refractivity contribution is 5.43. The van der Waals surface area contributed by atoms with Gasteiger partial charge < -0.3 is 19.5 Å². The summed E-state index contributed by atoms with van der Waals surface area (Å²) in [6.07, 6.45) is 0.933. The fraction of sp³-hybridized carbons (Fsp3) is 0.688.